The highest BCUT2D eigenvalue weighted by atomic mass is 32.2. The van der Waals surface area contributed by atoms with E-state index in [-0.39, 0.29) is 5.54 Å². The molecular weight excluding hydrogens is 280 g/mol. The third-order valence-electron chi connectivity index (χ3n) is 4.62. The maximum atomic E-state index is 5.47. The van der Waals surface area contributed by atoms with Crippen LogP contribution in [0.3, 0.4) is 0 Å². The second-order valence-electron chi connectivity index (χ2n) is 6.56. The fraction of sp³-hybridized carbons (Fsp3) is 0.647. The molecule has 1 aromatic carbocycles. The molecule has 0 bridgehead atoms. The van der Waals surface area contributed by atoms with Crippen molar-refractivity contribution in [3.63, 3.8) is 0 Å². The Labute approximate surface area is 132 Å². The van der Waals surface area contributed by atoms with E-state index in [2.05, 4.69) is 48.3 Å². The summed E-state index contributed by atoms with van der Waals surface area (Å²) in [6.45, 7) is 9.53. The Kier molecular flexibility index (Phi) is 4.89. The number of thioether (sulfide) groups is 1. The average Bonchev–Trinajstić information content (AvgIpc) is 2.54. The summed E-state index contributed by atoms with van der Waals surface area (Å²) in [6, 6.07) is 9.36. The summed E-state index contributed by atoms with van der Waals surface area (Å²) in [4.78, 5) is 2.55. The topological polar surface area (TPSA) is 24.5 Å². The molecule has 2 aliphatic rings. The number of nitrogens with zero attached hydrogens (tertiary/aromatic N) is 1. The summed E-state index contributed by atoms with van der Waals surface area (Å²) in [5.74, 6) is 2.33. The summed E-state index contributed by atoms with van der Waals surface area (Å²) in [7, 11) is 0. The number of rotatable bonds is 4. The average molecular weight is 306 g/mol. The lowest BCUT2D eigenvalue weighted by Gasteiger charge is -2.42. The van der Waals surface area contributed by atoms with Crippen molar-refractivity contribution < 1.29 is 4.74 Å². The largest absolute Gasteiger partial charge is 0.379 e. The van der Waals surface area contributed by atoms with Crippen LogP contribution in [0.1, 0.15) is 31.0 Å². The zero-order valence-corrected chi connectivity index (χ0v) is 13.9. The third-order valence-corrected chi connectivity index (χ3v) is 5.70. The Morgan fingerprint density at radius 1 is 1.29 bits per heavy atom. The zero-order chi connectivity index (χ0) is 14.7. The molecule has 0 spiro atoms. The van der Waals surface area contributed by atoms with Crippen LogP contribution < -0.4 is 5.32 Å². The second kappa shape index (κ2) is 6.69. The maximum absolute atomic E-state index is 5.47. The van der Waals surface area contributed by atoms with E-state index < -0.39 is 0 Å². The summed E-state index contributed by atoms with van der Waals surface area (Å²) in [5.41, 5.74) is 3.17. The molecule has 3 nitrogen and oxygen atoms in total. The SMILES string of the molecule is CC(C)(CNC1CSCc2ccccc21)N1CCOCC1. The van der Waals surface area contributed by atoms with Gasteiger partial charge >= 0.3 is 0 Å². The van der Waals surface area contributed by atoms with Crippen LogP contribution >= 0.6 is 11.8 Å². The van der Waals surface area contributed by atoms with Crippen LogP contribution in [-0.2, 0) is 10.5 Å². The molecule has 2 aliphatic heterocycles. The van der Waals surface area contributed by atoms with E-state index in [0.717, 1.165) is 38.6 Å². The Morgan fingerprint density at radius 3 is 2.86 bits per heavy atom. The van der Waals surface area contributed by atoms with Gasteiger partial charge in [0.1, 0.15) is 0 Å². The third kappa shape index (κ3) is 3.62. The molecule has 1 fully saturated rings. The van der Waals surface area contributed by atoms with Gasteiger partial charge in [0, 0.05) is 42.7 Å². The molecular formula is C17H26N2OS. The first-order chi connectivity index (χ1) is 10.2. The van der Waals surface area contributed by atoms with Gasteiger partial charge in [-0.2, -0.15) is 11.8 Å². The molecule has 0 saturated carbocycles. The number of morpholine rings is 1. The minimum Gasteiger partial charge on any atom is -0.379 e. The summed E-state index contributed by atoms with van der Waals surface area (Å²) in [6.07, 6.45) is 0. The molecule has 21 heavy (non-hydrogen) atoms. The van der Waals surface area contributed by atoms with Crippen molar-refractivity contribution in [2.75, 3.05) is 38.6 Å². The van der Waals surface area contributed by atoms with Crippen molar-refractivity contribution in [3.05, 3.63) is 35.4 Å². The Morgan fingerprint density at radius 2 is 2.05 bits per heavy atom. The van der Waals surface area contributed by atoms with Gasteiger partial charge in [-0.15, -0.1) is 0 Å². The van der Waals surface area contributed by atoms with Crippen LogP contribution in [0.2, 0.25) is 0 Å². The van der Waals surface area contributed by atoms with Crippen LogP contribution in [0, 0.1) is 0 Å². The molecule has 2 heterocycles. The van der Waals surface area contributed by atoms with Crippen molar-refractivity contribution in [1.29, 1.82) is 0 Å². The Hall–Kier alpha value is -0.550. The van der Waals surface area contributed by atoms with Crippen LogP contribution in [0.25, 0.3) is 0 Å². The highest BCUT2D eigenvalue weighted by molar-refractivity contribution is 7.98. The number of hydrogen-bond donors (Lipinski definition) is 1. The van der Waals surface area contributed by atoms with E-state index in [0.29, 0.717) is 6.04 Å². The van der Waals surface area contributed by atoms with Gasteiger partial charge in [0.15, 0.2) is 0 Å². The molecule has 3 rings (SSSR count). The Bertz CT molecular complexity index is 472. The summed E-state index contributed by atoms with van der Waals surface area (Å²) >= 11 is 2.04. The molecule has 4 heteroatoms. The predicted molar refractivity (Wildman–Crippen MR) is 89.8 cm³/mol. The number of ether oxygens (including phenoxy) is 1. The first kappa shape index (κ1) is 15.3. The molecule has 116 valence electrons. The number of hydrogen-bond acceptors (Lipinski definition) is 4. The fourth-order valence-corrected chi connectivity index (χ4v) is 4.34. The minimum atomic E-state index is 0.181. The molecule has 1 N–H and O–H groups in total. The fourth-order valence-electron chi connectivity index (χ4n) is 3.20. The lowest BCUT2D eigenvalue weighted by Crippen LogP contribution is -2.55. The maximum Gasteiger partial charge on any atom is 0.0594 e. The van der Waals surface area contributed by atoms with Gasteiger partial charge in [-0.25, -0.2) is 0 Å². The van der Waals surface area contributed by atoms with E-state index in [1.165, 1.54) is 16.9 Å². The quantitative estimate of drug-likeness (QED) is 0.924. The first-order valence-corrected chi connectivity index (χ1v) is 9.04. The number of fused-ring (bicyclic) bond motifs is 1. The van der Waals surface area contributed by atoms with Gasteiger partial charge in [0.25, 0.3) is 0 Å². The van der Waals surface area contributed by atoms with Crippen LogP contribution in [0.4, 0.5) is 0 Å². The van der Waals surface area contributed by atoms with E-state index in [4.69, 9.17) is 4.74 Å². The van der Waals surface area contributed by atoms with Gasteiger partial charge in [-0.3, -0.25) is 4.90 Å². The molecule has 1 aromatic rings. The molecule has 0 aromatic heterocycles. The second-order valence-corrected chi connectivity index (χ2v) is 7.59. The number of nitrogens with one attached hydrogen (secondary N) is 1. The monoisotopic (exact) mass is 306 g/mol. The van der Waals surface area contributed by atoms with E-state index in [1.807, 2.05) is 11.8 Å². The molecule has 0 aliphatic carbocycles. The van der Waals surface area contributed by atoms with E-state index in [9.17, 15) is 0 Å². The summed E-state index contributed by atoms with van der Waals surface area (Å²) in [5, 5.41) is 3.81. The van der Waals surface area contributed by atoms with Crippen molar-refractivity contribution in [3.8, 4) is 0 Å². The van der Waals surface area contributed by atoms with Gasteiger partial charge < -0.3 is 10.1 Å². The van der Waals surface area contributed by atoms with Gasteiger partial charge in [-0.05, 0) is 25.0 Å². The van der Waals surface area contributed by atoms with E-state index >= 15 is 0 Å². The first-order valence-electron chi connectivity index (χ1n) is 7.88. The highest BCUT2D eigenvalue weighted by Crippen LogP contribution is 2.31. The molecule has 0 radical (unpaired) electrons. The molecule has 1 unspecified atom stereocenters. The zero-order valence-electron chi connectivity index (χ0n) is 13.1. The smallest absolute Gasteiger partial charge is 0.0594 e. The van der Waals surface area contributed by atoms with Crippen molar-refractivity contribution in [2.24, 2.45) is 0 Å². The van der Waals surface area contributed by atoms with Crippen LogP contribution in [0.15, 0.2) is 24.3 Å². The van der Waals surface area contributed by atoms with Crippen molar-refractivity contribution in [1.82, 2.24) is 10.2 Å². The van der Waals surface area contributed by atoms with Gasteiger partial charge in [-0.1, -0.05) is 24.3 Å². The normalized spacial score (nSPS) is 23.8. The number of benzene rings is 1. The van der Waals surface area contributed by atoms with Gasteiger partial charge in [0.2, 0.25) is 0 Å². The standard InChI is InChI=1S/C17H26N2OS/c1-17(2,19-7-9-20-10-8-19)13-18-16-12-21-11-14-5-3-4-6-15(14)16/h3-6,16,18H,7-13H2,1-2H3. The lowest BCUT2D eigenvalue weighted by molar-refractivity contribution is -0.0102. The molecule has 1 atom stereocenters. The lowest BCUT2D eigenvalue weighted by atomic mass is 9.98. The van der Waals surface area contributed by atoms with E-state index in [1.54, 1.807) is 0 Å². The van der Waals surface area contributed by atoms with Crippen molar-refractivity contribution in [2.45, 2.75) is 31.2 Å². The molecule has 1 saturated heterocycles. The predicted octanol–water partition coefficient (Wildman–Crippen LogP) is 2.67. The Balaban J connectivity index is 1.62. The van der Waals surface area contributed by atoms with Crippen molar-refractivity contribution >= 4 is 11.8 Å². The summed E-state index contributed by atoms with van der Waals surface area (Å²) < 4.78 is 5.47. The van der Waals surface area contributed by atoms with Crippen LogP contribution in [0.5, 0.6) is 0 Å². The van der Waals surface area contributed by atoms with Gasteiger partial charge in [0.05, 0.1) is 13.2 Å². The molecule has 0 amide bonds. The minimum absolute atomic E-state index is 0.181. The van der Waals surface area contributed by atoms with Crippen LogP contribution in [-0.4, -0.2) is 49.0 Å². The highest BCUT2D eigenvalue weighted by Gasteiger charge is 2.29.